The number of hydrogen-bond acceptors (Lipinski definition) is 6. The molecular formula is C16H10B2O6. The van der Waals surface area contributed by atoms with E-state index in [4.69, 9.17) is 9.31 Å². The van der Waals surface area contributed by atoms with Crippen molar-refractivity contribution in [2.24, 2.45) is 0 Å². The highest BCUT2D eigenvalue weighted by Crippen LogP contribution is 2.17. The number of benzene rings is 2. The van der Waals surface area contributed by atoms with Gasteiger partial charge in [0.05, 0.1) is 11.1 Å². The van der Waals surface area contributed by atoms with Crippen molar-refractivity contribution in [1.82, 2.24) is 0 Å². The minimum Gasteiger partial charge on any atom is -0.502 e. The molecule has 2 heterocycles. The lowest BCUT2D eigenvalue weighted by Crippen LogP contribution is -2.27. The molecule has 0 saturated heterocycles. The van der Waals surface area contributed by atoms with Gasteiger partial charge in [0.25, 0.3) is 0 Å². The molecule has 24 heavy (non-hydrogen) atoms. The summed E-state index contributed by atoms with van der Waals surface area (Å²) < 4.78 is 9.48. The highest BCUT2D eigenvalue weighted by atomic mass is 16.6. The van der Waals surface area contributed by atoms with Crippen molar-refractivity contribution in [2.75, 3.05) is 0 Å². The predicted molar refractivity (Wildman–Crippen MR) is 87.9 cm³/mol. The molecule has 0 atom stereocenters. The van der Waals surface area contributed by atoms with E-state index in [0.29, 0.717) is 22.1 Å². The molecule has 0 fully saturated rings. The van der Waals surface area contributed by atoms with E-state index in [1.54, 1.807) is 48.6 Å². The molecule has 2 aromatic carbocycles. The number of carbonyl (C=O) groups excluding carboxylic acids is 2. The molecule has 2 aliphatic rings. The fourth-order valence-corrected chi connectivity index (χ4v) is 2.79. The van der Waals surface area contributed by atoms with Gasteiger partial charge in [-0.05, 0) is 23.3 Å². The van der Waals surface area contributed by atoms with Crippen LogP contribution < -0.4 is 10.9 Å². The maximum Gasteiger partial charge on any atom is 0.563 e. The molecule has 8 heteroatoms. The third-order valence-corrected chi connectivity index (χ3v) is 4.03. The van der Waals surface area contributed by atoms with Gasteiger partial charge in [-0.2, -0.15) is 0 Å². The van der Waals surface area contributed by atoms with Gasteiger partial charge in [0.15, 0.2) is 0 Å². The van der Waals surface area contributed by atoms with Crippen molar-refractivity contribution in [2.45, 2.75) is 0 Å². The molecule has 116 valence electrons. The van der Waals surface area contributed by atoms with Gasteiger partial charge < -0.3 is 19.4 Å². The maximum absolute atomic E-state index is 11.6. The van der Waals surface area contributed by atoms with Gasteiger partial charge in [-0.25, -0.2) is 9.59 Å². The second-order valence-electron chi connectivity index (χ2n) is 5.54. The van der Waals surface area contributed by atoms with Crippen molar-refractivity contribution in [3.63, 3.8) is 0 Å². The minimum atomic E-state index is -1.21. The Labute approximate surface area is 137 Å². The summed E-state index contributed by atoms with van der Waals surface area (Å²) in [7, 11) is -2.42. The van der Waals surface area contributed by atoms with Crippen molar-refractivity contribution in [3.8, 4) is 0 Å². The first kappa shape index (κ1) is 14.7. The summed E-state index contributed by atoms with van der Waals surface area (Å²) in [5, 5.41) is 19.1. The highest BCUT2D eigenvalue weighted by molar-refractivity contribution is 6.67. The zero-order valence-corrected chi connectivity index (χ0v) is 12.3. The standard InChI is InChI=1S/C16H10B2O6/c19-15-11-7-9(3-5-13(11)17(21)23-15)1-2-10-4-6-14-12(8-10)16(20)24-18(14)22/h1-8,21-22H/b2-1+. The van der Waals surface area contributed by atoms with Crippen LogP contribution in [0.4, 0.5) is 0 Å². The summed E-state index contributed by atoms with van der Waals surface area (Å²) in [6, 6.07) is 10.1. The Balaban J connectivity index is 1.63. The summed E-state index contributed by atoms with van der Waals surface area (Å²) in [5.41, 5.74) is 3.08. The van der Waals surface area contributed by atoms with E-state index in [1.165, 1.54) is 0 Å². The molecule has 0 radical (unpaired) electrons. The Kier molecular flexibility index (Phi) is 3.30. The van der Waals surface area contributed by atoms with E-state index in [1.807, 2.05) is 0 Å². The van der Waals surface area contributed by atoms with E-state index in [9.17, 15) is 19.6 Å². The third kappa shape index (κ3) is 2.33. The maximum atomic E-state index is 11.6. The molecule has 0 unspecified atom stereocenters. The van der Waals surface area contributed by atoms with Gasteiger partial charge in [-0.1, -0.05) is 36.4 Å². The minimum absolute atomic E-state index is 0.338. The number of fused-ring (bicyclic) bond motifs is 2. The number of rotatable bonds is 2. The predicted octanol–water partition coefficient (Wildman–Crippen LogP) is -0.427. The molecule has 2 aromatic rings. The van der Waals surface area contributed by atoms with Crippen LogP contribution >= 0.6 is 0 Å². The number of hydrogen-bond donors (Lipinski definition) is 2. The molecule has 0 spiro atoms. The first-order valence-corrected chi connectivity index (χ1v) is 7.27. The van der Waals surface area contributed by atoms with Crippen LogP contribution in [-0.4, -0.2) is 36.2 Å². The SMILES string of the molecule is O=C1OB(O)c2ccc(/C=C/c3ccc4c(c3)C(=O)OB4O)cc21. The van der Waals surface area contributed by atoms with Gasteiger partial charge >= 0.3 is 26.2 Å². The van der Waals surface area contributed by atoms with Crippen molar-refractivity contribution >= 4 is 49.3 Å². The van der Waals surface area contributed by atoms with Crippen LogP contribution in [0.5, 0.6) is 0 Å². The average Bonchev–Trinajstić information content (AvgIpc) is 3.02. The summed E-state index contributed by atoms with van der Waals surface area (Å²) in [5.74, 6) is -1.11. The summed E-state index contributed by atoms with van der Waals surface area (Å²) in [6.07, 6.45) is 3.55. The van der Waals surface area contributed by atoms with Crippen molar-refractivity contribution in [1.29, 1.82) is 0 Å². The van der Waals surface area contributed by atoms with Crippen LogP contribution in [0.25, 0.3) is 12.2 Å². The monoisotopic (exact) mass is 320 g/mol. The summed E-state index contributed by atoms with van der Waals surface area (Å²) >= 11 is 0. The van der Waals surface area contributed by atoms with Gasteiger partial charge in [0, 0.05) is 10.9 Å². The Morgan fingerprint density at radius 2 is 1.17 bits per heavy atom. The topological polar surface area (TPSA) is 93.1 Å². The molecule has 0 bridgehead atoms. The van der Waals surface area contributed by atoms with Crippen LogP contribution in [0.15, 0.2) is 36.4 Å². The van der Waals surface area contributed by atoms with Crippen LogP contribution in [0, 0.1) is 0 Å². The molecule has 0 amide bonds. The van der Waals surface area contributed by atoms with Crippen LogP contribution in [0.3, 0.4) is 0 Å². The quantitative estimate of drug-likeness (QED) is 0.576. The smallest absolute Gasteiger partial charge is 0.502 e. The second kappa shape index (κ2) is 5.36. The van der Waals surface area contributed by atoms with Crippen molar-refractivity contribution in [3.05, 3.63) is 58.7 Å². The Hall–Kier alpha value is -2.83. The second-order valence-corrected chi connectivity index (χ2v) is 5.54. The zero-order valence-electron chi connectivity index (χ0n) is 12.3. The van der Waals surface area contributed by atoms with Crippen LogP contribution in [0.1, 0.15) is 31.8 Å². The lowest BCUT2D eigenvalue weighted by atomic mass is 9.79. The van der Waals surface area contributed by atoms with E-state index in [2.05, 4.69) is 0 Å². The Bertz CT molecular complexity index is 834. The first-order valence-electron chi connectivity index (χ1n) is 7.27. The lowest BCUT2D eigenvalue weighted by molar-refractivity contribution is 0.0716. The molecular weight excluding hydrogens is 310 g/mol. The molecule has 0 saturated carbocycles. The van der Waals surface area contributed by atoms with Crippen LogP contribution in [0.2, 0.25) is 0 Å². The van der Waals surface area contributed by atoms with E-state index >= 15 is 0 Å². The average molecular weight is 320 g/mol. The molecule has 2 N–H and O–H groups in total. The molecule has 2 aliphatic heterocycles. The van der Waals surface area contributed by atoms with Gasteiger partial charge in [0.1, 0.15) is 0 Å². The van der Waals surface area contributed by atoms with Gasteiger partial charge in [-0.15, -0.1) is 0 Å². The summed E-state index contributed by atoms with van der Waals surface area (Å²) in [6.45, 7) is 0. The lowest BCUT2D eigenvalue weighted by Gasteiger charge is -2.00. The van der Waals surface area contributed by atoms with Crippen molar-refractivity contribution < 1.29 is 28.9 Å². The largest absolute Gasteiger partial charge is 0.563 e. The normalized spacial score (nSPS) is 15.6. The summed E-state index contributed by atoms with van der Waals surface area (Å²) in [4.78, 5) is 23.2. The Morgan fingerprint density at radius 1 is 0.750 bits per heavy atom. The Morgan fingerprint density at radius 3 is 1.58 bits per heavy atom. The fraction of sp³-hybridized carbons (Fsp3) is 0. The molecule has 0 aliphatic carbocycles. The van der Waals surface area contributed by atoms with Gasteiger partial charge in [-0.3, -0.25) is 0 Å². The fourth-order valence-electron chi connectivity index (χ4n) is 2.79. The molecule has 6 nitrogen and oxygen atoms in total. The van der Waals surface area contributed by atoms with E-state index in [0.717, 1.165) is 11.1 Å². The van der Waals surface area contributed by atoms with E-state index in [-0.39, 0.29) is 0 Å². The van der Waals surface area contributed by atoms with Gasteiger partial charge in [0.2, 0.25) is 0 Å². The zero-order chi connectivity index (χ0) is 16.8. The molecule has 4 rings (SSSR count). The molecule has 0 aromatic heterocycles. The van der Waals surface area contributed by atoms with E-state index < -0.39 is 26.2 Å². The third-order valence-electron chi connectivity index (χ3n) is 4.03. The van der Waals surface area contributed by atoms with Crippen LogP contribution in [-0.2, 0) is 9.31 Å². The highest BCUT2D eigenvalue weighted by Gasteiger charge is 2.36. The number of carbonyl (C=O) groups is 2. The first-order chi connectivity index (χ1) is 11.5.